The van der Waals surface area contributed by atoms with E-state index in [0.717, 1.165) is 30.6 Å². The van der Waals surface area contributed by atoms with Crippen LogP contribution in [0.4, 0.5) is 5.82 Å². The van der Waals surface area contributed by atoms with Crippen LogP contribution in [0.15, 0.2) is 54.7 Å². The molecule has 172 valence electrons. The van der Waals surface area contributed by atoms with Gasteiger partial charge in [0.2, 0.25) is 0 Å². The SMILES string of the molecule is CN(C)[C@H]1CCN(C(=O)c2ccc(-c3cnc(N)c(OCc4c(Cl)cccc4Cl)c3)cc2)C1. The van der Waals surface area contributed by atoms with Crippen molar-refractivity contribution in [2.45, 2.75) is 19.1 Å². The van der Waals surface area contributed by atoms with Gasteiger partial charge in [0.05, 0.1) is 0 Å². The number of amides is 1. The maximum Gasteiger partial charge on any atom is 0.253 e. The van der Waals surface area contributed by atoms with Gasteiger partial charge in [0.25, 0.3) is 5.91 Å². The Kier molecular flexibility index (Phi) is 7.08. The van der Waals surface area contributed by atoms with Crippen LogP contribution in [-0.2, 0) is 6.61 Å². The van der Waals surface area contributed by atoms with Gasteiger partial charge in [-0.25, -0.2) is 4.98 Å². The molecule has 4 rings (SSSR count). The summed E-state index contributed by atoms with van der Waals surface area (Å²) in [6.45, 7) is 1.71. The monoisotopic (exact) mass is 484 g/mol. The van der Waals surface area contributed by atoms with Crippen LogP contribution in [0.5, 0.6) is 5.75 Å². The molecule has 3 aromatic rings. The van der Waals surface area contributed by atoms with Crippen LogP contribution >= 0.6 is 23.2 Å². The summed E-state index contributed by atoms with van der Waals surface area (Å²) in [6, 6.07) is 15.1. The lowest BCUT2D eigenvalue weighted by Gasteiger charge is -2.20. The topological polar surface area (TPSA) is 71.7 Å². The van der Waals surface area contributed by atoms with Gasteiger partial charge in [-0.2, -0.15) is 0 Å². The van der Waals surface area contributed by atoms with Crippen molar-refractivity contribution in [1.82, 2.24) is 14.8 Å². The first kappa shape index (κ1) is 23.4. The molecule has 0 radical (unpaired) electrons. The number of nitrogens with zero attached hydrogens (tertiary/aromatic N) is 3. The summed E-state index contributed by atoms with van der Waals surface area (Å²) in [4.78, 5) is 21.2. The fraction of sp³-hybridized carbons (Fsp3) is 0.280. The summed E-state index contributed by atoms with van der Waals surface area (Å²) < 4.78 is 5.88. The first-order valence-corrected chi connectivity index (χ1v) is 11.5. The molecule has 1 amide bonds. The molecule has 0 saturated carbocycles. The molecule has 0 aliphatic carbocycles. The number of aromatic nitrogens is 1. The lowest BCUT2D eigenvalue weighted by Crippen LogP contribution is -2.34. The van der Waals surface area contributed by atoms with Gasteiger partial charge >= 0.3 is 0 Å². The molecule has 1 aliphatic rings. The number of ether oxygens (including phenoxy) is 1. The molecule has 1 saturated heterocycles. The van der Waals surface area contributed by atoms with Gasteiger partial charge in [0, 0.05) is 52.1 Å². The van der Waals surface area contributed by atoms with Crippen molar-refractivity contribution in [2.75, 3.05) is 32.9 Å². The van der Waals surface area contributed by atoms with E-state index in [2.05, 4.69) is 24.0 Å². The summed E-state index contributed by atoms with van der Waals surface area (Å²) in [6.07, 6.45) is 2.68. The Morgan fingerprint density at radius 2 is 1.85 bits per heavy atom. The minimum atomic E-state index is 0.0574. The van der Waals surface area contributed by atoms with Gasteiger partial charge in [-0.1, -0.05) is 41.4 Å². The lowest BCUT2D eigenvalue weighted by atomic mass is 10.0. The van der Waals surface area contributed by atoms with Crippen LogP contribution in [-0.4, -0.2) is 53.9 Å². The number of pyridine rings is 1. The number of hydrogen-bond donors (Lipinski definition) is 1. The Morgan fingerprint density at radius 1 is 1.15 bits per heavy atom. The van der Waals surface area contributed by atoms with Crippen LogP contribution in [0.3, 0.4) is 0 Å². The van der Waals surface area contributed by atoms with Gasteiger partial charge in [0.15, 0.2) is 11.6 Å². The number of likely N-dealkylation sites (tertiary alicyclic amines) is 1. The van der Waals surface area contributed by atoms with Crippen LogP contribution < -0.4 is 10.5 Å². The summed E-state index contributed by atoms with van der Waals surface area (Å²) in [7, 11) is 4.10. The molecule has 33 heavy (non-hydrogen) atoms. The van der Waals surface area contributed by atoms with E-state index >= 15 is 0 Å². The molecule has 1 aliphatic heterocycles. The van der Waals surface area contributed by atoms with Crippen molar-refractivity contribution in [2.24, 2.45) is 0 Å². The molecule has 1 aromatic heterocycles. The van der Waals surface area contributed by atoms with Crippen molar-refractivity contribution in [1.29, 1.82) is 0 Å². The van der Waals surface area contributed by atoms with Crippen molar-refractivity contribution in [3.8, 4) is 16.9 Å². The number of likely N-dealkylation sites (N-methyl/N-ethyl adjacent to an activating group) is 1. The number of carbonyl (C=O) groups is 1. The first-order chi connectivity index (χ1) is 15.8. The third kappa shape index (κ3) is 5.24. The van der Waals surface area contributed by atoms with Crippen molar-refractivity contribution >= 4 is 34.9 Å². The average Bonchev–Trinajstić information content (AvgIpc) is 3.30. The van der Waals surface area contributed by atoms with Crippen LogP contribution in [0.1, 0.15) is 22.3 Å². The lowest BCUT2D eigenvalue weighted by molar-refractivity contribution is 0.0783. The zero-order valence-corrected chi connectivity index (χ0v) is 20.1. The summed E-state index contributed by atoms with van der Waals surface area (Å²) in [5.74, 6) is 0.774. The highest BCUT2D eigenvalue weighted by molar-refractivity contribution is 6.35. The van der Waals surface area contributed by atoms with E-state index in [-0.39, 0.29) is 18.3 Å². The van der Waals surface area contributed by atoms with Crippen LogP contribution in [0.2, 0.25) is 10.0 Å². The molecule has 6 nitrogen and oxygen atoms in total. The van der Waals surface area contributed by atoms with Gasteiger partial charge < -0.3 is 20.3 Å². The fourth-order valence-corrected chi connectivity index (χ4v) is 4.39. The van der Waals surface area contributed by atoms with E-state index in [0.29, 0.717) is 33.0 Å². The summed E-state index contributed by atoms with van der Waals surface area (Å²) in [5, 5.41) is 1.06. The molecule has 1 atom stereocenters. The molecule has 8 heteroatoms. The van der Waals surface area contributed by atoms with Gasteiger partial charge in [0.1, 0.15) is 6.61 Å². The highest BCUT2D eigenvalue weighted by Gasteiger charge is 2.28. The Hall–Kier alpha value is -2.80. The minimum Gasteiger partial charge on any atom is -0.485 e. The van der Waals surface area contributed by atoms with Crippen LogP contribution in [0, 0.1) is 0 Å². The van der Waals surface area contributed by atoms with Crippen LogP contribution in [0.25, 0.3) is 11.1 Å². The Morgan fingerprint density at radius 3 is 2.48 bits per heavy atom. The average molecular weight is 485 g/mol. The van der Waals surface area contributed by atoms with Gasteiger partial charge in [-0.05, 0) is 56.4 Å². The number of halogens is 2. The minimum absolute atomic E-state index is 0.0574. The molecule has 2 heterocycles. The molecule has 0 spiro atoms. The van der Waals surface area contributed by atoms with Gasteiger partial charge in [-0.15, -0.1) is 0 Å². The number of carbonyl (C=O) groups excluding carboxylic acids is 1. The third-order valence-electron chi connectivity index (χ3n) is 5.96. The Bertz CT molecular complexity index is 1130. The highest BCUT2D eigenvalue weighted by Crippen LogP contribution is 2.30. The maximum atomic E-state index is 12.9. The number of nitrogens with two attached hydrogens (primary N) is 1. The standard InChI is InChI=1S/C25H26Cl2N4O2/c1-30(2)19-10-11-31(14-19)25(32)17-8-6-16(7-9-17)18-12-23(24(28)29-13-18)33-15-20-21(26)4-3-5-22(20)27/h3-9,12-13,19H,10-11,14-15H2,1-2H3,(H2,28,29)/t19-/m0/s1. The normalized spacial score (nSPS) is 15.8. The molecule has 1 fully saturated rings. The zero-order valence-electron chi connectivity index (χ0n) is 18.6. The molecular formula is C25H26Cl2N4O2. The first-order valence-electron chi connectivity index (χ1n) is 10.7. The Balaban J connectivity index is 1.48. The van der Waals surface area contributed by atoms with E-state index in [1.807, 2.05) is 35.2 Å². The predicted octanol–water partition coefficient (Wildman–Crippen LogP) is 4.99. The van der Waals surface area contributed by atoms with E-state index in [1.54, 1.807) is 24.4 Å². The summed E-state index contributed by atoms with van der Waals surface area (Å²) >= 11 is 12.5. The number of benzene rings is 2. The van der Waals surface area contributed by atoms with Crippen molar-refractivity contribution in [3.05, 3.63) is 75.9 Å². The number of rotatable bonds is 6. The largest absolute Gasteiger partial charge is 0.485 e. The third-order valence-corrected chi connectivity index (χ3v) is 6.67. The Labute approximate surface area is 203 Å². The number of hydrogen-bond acceptors (Lipinski definition) is 5. The molecule has 0 bridgehead atoms. The quantitative estimate of drug-likeness (QED) is 0.533. The fourth-order valence-electron chi connectivity index (χ4n) is 3.88. The second-order valence-electron chi connectivity index (χ2n) is 8.33. The zero-order chi connectivity index (χ0) is 23.5. The molecule has 2 N–H and O–H groups in total. The molecule has 0 unspecified atom stereocenters. The highest BCUT2D eigenvalue weighted by atomic mass is 35.5. The van der Waals surface area contributed by atoms with E-state index < -0.39 is 0 Å². The second kappa shape index (κ2) is 10.00. The van der Waals surface area contributed by atoms with Crippen molar-refractivity contribution < 1.29 is 9.53 Å². The molecule has 2 aromatic carbocycles. The van der Waals surface area contributed by atoms with E-state index in [9.17, 15) is 4.79 Å². The predicted molar refractivity (Wildman–Crippen MR) is 133 cm³/mol. The maximum absolute atomic E-state index is 12.9. The van der Waals surface area contributed by atoms with Gasteiger partial charge in [-0.3, -0.25) is 4.79 Å². The smallest absolute Gasteiger partial charge is 0.253 e. The molecular weight excluding hydrogens is 459 g/mol. The number of anilines is 1. The van der Waals surface area contributed by atoms with Crippen molar-refractivity contribution in [3.63, 3.8) is 0 Å². The second-order valence-corrected chi connectivity index (χ2v) is 9.15. The summed E-state index contributed by atoms with van der Waals surface area (Å²) in [5.41, 5.74) is 9.12. The number of nitrogen functional groups attached to an aromatic ring is 1. The van der Waals surface area contributed by atoms with E-state index in [1.165, 1.54) is 0 Å². The van der Waals surface area contributed by atoms with E-state index in [4.69, 9.17) is 33.7 Å².